The molecular weight excluding hydrogens is 368 g/mol. The minimum Gasteiger partial charge on any atom is -0.474 e. The lowest BCUT2D eigenvalue weighted by Crippen LogP contribution is -2.13. The van der Waals surface area contributed by atoms with Crippen molar-refractivity contribution in [1.82, 2.24) is 4.98 Å². The summed E-state index contributed by atoms with van der Waals surface area (Å²) < 4.78 is 14.1. The SMILES string of the molecule is COCCOc1ncccc1NC(=O)c1cc2sc3ccccc3c2s1. The van der Waals surface area contributed by atoms with Gasteiger partial charge in [-0.05, 0) is 24.3 Å². The van der Waals surface area contributed by atoms with Crippen LogP contribution < -0.4 is 10.1 Å². The Kier molecular flexibility index (Phi) is 4.83. The number of hydrogen-bond acceptors (Lipinski definition) is 6. The van der Waals surface area contributed by atoms with Crippen molar-refractivity contribution in [3.63, 3.8) is 0 Å². The zero-order valence-corrected chi connectivity index (χ0v) is 15.7. The van der Waals surface area contributed by atoms with Gasteiger partial charge in [0, 0.05) is 28.1 Å². The zero-order valence-electron chi connectivity index (χ0n) is 14.0. The number of carbonyl (C=O) groups is 1. The number of pyridine rings is 1. The second kappa shape index (κ2) is 7.41. The van der Waals surface area contributed by atoms with Crippen molar-refractivity contribution < 1.29 is 14.3 Å². The van der Waals surface area contributed by atoms with Crippen molar-refractivity contribution in [1.29, 1.82) is 0 Å². The van der Waals surface area contributed by atoms with Crippen molar-refractivity contribution in [2.45, 2.75) is 0 Å². The maximum atomic E-state index is 12.7. The second-order valence-corrected chi connectivity index (χ2v) is 7.69. The number of nitrogens with zero attached hydrogens (tertiary/aromatic N) is 1. The van der Waals surface area contributed by atoms with Gasteiger partial charge >= 0.3 is 0 Å². The summed E-state index contributed by atoms with van der Waals surface area (Å²) in [5.74, 6) is 0.230. The summed E-state index contributed by atoms with van der Waals surface area (Å²) in [4.78, 5) is 17.5. The van der Waals surface area contributed by atoms with E-state index in [4.69, 9.17) is 9.47 Å². The molecule has 0 aliphatic carbocycles. The number of methoxy groups -OCH3 is 1. The van der Waals surface area contributed by atoms with Gasteiger partial charge in [0.15, 0.2) is 0 Å². The van der Waals surface area contributed by atoms with Crippen molar-refractivity contribution in [2.75, 3.05) is 25.6 Å². The molecule has 5 nitrogen and oxygen atoms in total. The summed E-state index contributed by atoms with van der Waals surface area (Å²) >= 11 is 3.21. The van der Waals surface area contributed by atoms with E-state index in [9.17, 15) is 4.79 Å². The number of carbonyl (C=O) groups excluding carboxylic acids is 1. The van der Waals surface area contributed by atoms with Gasteiger partial charge in [0.2, 0.25) is 5.88 Å². The van der Waals surface area contributed by atoms with E-state index in [0.717, 1.165) is 9.40 Å². The average Bonchev–Trinajstić information content (AvgIpc) is 3.21. The van der Waals surface area contributed by atoms with Crippen LogP contribution in [0.15, 0.2) is 48.7 Å². The van der Waals surface area contributed by atoms with Crippen molar-refractivity contribution >= 4 is 53.8 Å². The van der Waals surface area contributed by atoms with Gasteiger partial charge in [0.25, 0.3) is 5.91 Å². The van der Waals surface area contributed by atoms with Crippen LogP contribution in [0.25, 0.3) is 19.5 Å². The third kappa shape index (κ3) is 3.29. The summed E-state index contributed by atoms with van der Waals surface area (Å²) in [6.07, 6.45) is 1.63. The van der Waals surface area contributed by atoms with Gasteiger partial charge in [0.05, 0.1) is 16.2 Å². The maximum Gasteiger partial charge on any atom is 0.265 e. The maximum absolute atomic E-state index is 12.7. The molecule has 1 amide bonds. The lowest BCUT2D eigenvalue weighted by molar-refractivity contribution is 0.102. The fraction of sp³-hybridized carbons (Fsp3) is 0.158. The summed E-state index contributed by atoms with van der Waals surface area (Å²) in [6, 6.07) is 13.7. The van der Waals surface area contributed by atoms with E-state index >= 15 is 0 Å². The Bertz CT molecular complexity index is 1070. The van der Waals surface area contributed by atoms with Crippen molar-refractivity contribution in [2.24, 2.45) is 0 Å². The predicted molar refractivity (Wildman–Crippen MR) is 107 cm³/mol. The van der Waals surface area contributed by atoms with Crippen LogP contribution in [0.4, 0.5) is 5.69 Å². The number of thiophene rings is 2. The van der Waals surface area contributed by atoms with E-state index in [1.54, 1.807) is 36.8 Å². The number of rotatable bonds is 6. The fourth-order valence-corrected chi connectivity index (χ4v) is 5.04. The van der Waals surface area contributed by atoms with Gasteiger partial charge in [-0.2, -0.15) is 0 Å². The van der Waals surface area contributed by atoms with Gasteiger partial charge in [0.1, 0.15) is 12.3 Å². The number of nitrogens with one attached hydrogen (secondary N) is 1. The highest BCUT2D eigenvalue weighted by Gasteiger charge is 2.16. The van der Waals surface area contributed by atoms with Gasteiger partial charge in [-0.15, -0.1) is 22.7 Å². The number of amides is 1. The Morgan fingerprint density at radius 1 is 1.12 bits per heavy atom. The van der Waals surface area contributed by atoms with Gasteiger partial charge in [-0.3, -0.25) is 4.79 Å². The third-order valence-electron chi connectivity index (χ3n) is 3.82. The van der Waals surface area contributed by atoms with Crippen LogP contribution in [-0.4, -0.2) is 31.2 Å². The van der Waals surface area contributed by atoms with Crippen molar-refractivity contribution in [3.8, 4) is 5.88 Å². The number of benzene rings is 1. The summed E-state index contributed by atoms with van der Waals surface area (Å²) in [5.41, 5.74) is 0.551. The summed E-state index contributed by atoms with van der Waals surface area (Å²) in [5, 5.41) is 4.10. The molecule has 132 valence electrons. The quantitative estimate of drug-likeness (QED) is 0.486. The summed E-state index contributed by atoms with van der Waals surface area (Å²) in [6.45, 7) is 0.829. The molecule has 0 radical (unpaired) electrons. The lowest BCUT2D eigenvalue weighted by atomic mass is 10.2. The molecule has 1 aromatic carbocycles. The number of ether oxygens (including phenoxy) is 2. The number of fused-ring (bicyclic) bond motifs is 3. The van der Waals surface area contributed by atoms with Crippen molar-refractivity contribution in [3.05, 3.63) is 53.5 Å². The molecule has 0 unspecified atom stereocenters. The van der Waals surface area contributed by atoms with Crippen LogP contribution in [-0.2, 0) is 4.74 Å². The second-order valence-electron chi connectivity index (χ2n) is 5.55. The van der Waals surface area contributed by atoms with E-state index < -0.39 is 0 Å². The van der Waals surface area contributed by atoms with Crippen LogP contribution in [0.1, 0.15) is 9.67 Å². The molecule has 4 rings (SSSR count). The molecule has 4 aromatic rings. The molecule has 0 atom stereocenters. The predicted octanol–water partition coefficient (Wildman–Crippen LogP) is 4.79. The Labute approximate surface area is 158 Å². The molecule has 0 bridgehead atoms. The molecule has 0 saturated carbocycles. The number of hydrogen-bond donors (Lipinski definition) is 1. The molecule has 3 aromatic heterocycles. The first-order valence-corrected chi connectivity index (χ1v) is 9.69. The first-order chi connectivity index (χ1) is 12.8. The van der Waals surface area contributed by atoms with Crippen LogP contribution in [0, 0.1) is 0 Å². The molecule has 1 N–H and O–H groups in total. The highest BCUT2D eigenvalue weighted by atomic mass is 32.1. The average molecular weight is 384 g/mol. The Morgan fingerprint density at radius 3 is 2.88 bits per heavy atom. The van der Waals surface area contributed by atoms with Gasteiger partial charge in [-0.25, -0.2) is 4.98 Å². The van der Waals surface area contributed by atoms with Crippen LogP contribution in [0.3, 0.4) is 0 Å². The smallest absolute Gasteiger partial charge is 0.265 e. The van der Waals surface area contributed by atoms with Gasteiger partial charge < -0.3 is 14.8 Å². The van der Waals surface area contributed by atoms with Crippen LogP contribution in [0.5, 0.6) is 5.88 Å². The highest BCUT2D eigenvalue weighted by Crippen LogP contribution is 2.39. The standard InChI is InChI=1S/C19H16N2O3S2/c1-23-9-10-24-19-13(6-4-8-20-19)21-18(22)16-11-15-17(26-16)12-5-2-3-7-14(12)25-15/h2-8,11H,9-10H2,1H3,(H,21,22). The molecular formula is C19H16N2O3S2. The molecule has 0 saturated heterocycles. The molecule has 7 heteroatoms. The first-order valence-electron chi connectivity index (χ1n) is 8.05. The fourth-order valence-electron chi connectivity index (χ4n) is 2.62. The normalized spacial score (nSPS) is 11.1. The van der Waals surface area contributed by atoms with E-state index in [2.05, 4.69) is 22.4 Å². The van der Waals surface area contributed by atoms with Crippen LogP contribution in [0.2, 0.25) is 0 Å². The molecule has 3 heterocycles. The van der Waals surface area contributed by atoms with E-state index in [0.29, 0.717) is 29.7 Å². The van der Waals surface area contributed by atoms with E-state index in [1.807, 2.05) is 18.2 Å². The van der Waals surface area contributed by atoms with E-state index in [-0.39, 0.29) is 5.91 Å². The van der Waals surface area contributed by atoms with Crippen LogP contribution >= 0.6 is 22.7 Å². The van der Waals surface area contributed by atoms with E-state index in [1.165, 1.54) is 21.4 Å². The highest BCUT2D eigenvalue weighted by molar-refractivity contribution is 7.33. The molecule has 26 heavy (non-hydrogen) atoms. The number of anilines is 1. The Morgan fingerprint density at radius 2 is 2.00 bits per heavy atom. The number of aromatic nitrogens is 1. The minimum absolute atomic E-state index is 0.160. The summed E-state index contributed by atoms with van der Waals surface area (Å²) in [7, 11) is 1.61. The molecule has 0 fully saturated rings. The largest absolute Gasteiger partial charge is 0.474 e. The monoisotopic (exact) mass is 384 g/mol. The minimum atomic E-state index is -0.160. The molecule has 0 spiro atoms. The topological polar surface area (TPSA) is 60.5 Å². The third-order valence-corrected chi connectivity index (χ3v) is 6.23. The van der Waals surface area contributed by atoms with Gasteiger partial charge in [-0.1, -0.05) is 18.2 Å². The Hall–Kier alpha value is -2.48. The Balaban J connectivity index is 1.58. The molecule has 0 aliphatic heterocycles. The molecule has 0 aliphatic rings. The zero-order chi connectivity index (χ0) is 17.9. The lowest BCUT2D eigenvalue weighted by Gasteiger charge is -2.10. The first kappa shape index (κ1) is 17.0.